The Bertz CT molecular complexity index is 775. The molecular formula is C19H25F2N5. The van der Waals surface area contributed by atoms with E-state index in [1.54, 1.807) is 12.3 Å². The molecule has 0 radical (unpaired) electrons. The smallest absolute Gasteiger partial charge is 0.187 e. The Labute approximate surface area is 153 Å². The second kappa shape index (κ2) is 7.23. The highest BCUT2D eigenvalue weighted by Crippen LogP contribution is 2.28. The van der Waals surface area contributed by atoms with Crippen molar-refractivity contribution in [3.63, 3.8) is 0 Å². The fourth-order valence-electron chi connectivity index (χ4n) is 3.28. The minimum Gasteiger partial charge on any atom is -0.351 e. The lowest BCUT2D eigenvalue weighted by Gasteiger charge is -2.40. The average molecular weight is 361 g/mol. The first-order valence-corrected chi connectivity index (χ1v) is 8.85. The molecule has 2 aromatic heterocycles. The molecule has 1 aliphatic rings. The molecule has 1 atom stereocenters. The third-order valence-corrected chi connectivity index (χ3v) is 4.78. The second-order valence-corrected chi connectivity index (χ2v) is 7.84. The van der Waals surface area contributed by atoms with Crippen LogP contribution in [0.2, 0.25) is 0 Å². The highest BCUT2D eigenvalue weighted by molar-refractivity contribution is 5.43. The summed E-state index contributed by atoms with van der Waals surface area (Å²) in [4.78, 5) is 16.3. The third kappa shape index (κ3) is 3.82. The summed E-state index contributed by atoms with van der Waals surface area (Å²) in [5.41, 5.74) is 0.675. The van der Waals surface area contributed by atoms with Gasteiger partial charge in [-0.3, -0.25) is 9.88 Å². The van der Waals surface area contributed by atoms with Crippen LogP contribution in [0.3, 0.4) is 0 Å². The van der Waals surface area contributed by atoms with Crippen molar-refractivity contribution in [2.24, 2.45) is 0 Å². The zero-order valence-electron chi connectivity index (χ0n) is 15.7. The van der Waals surface area contributed by atoms with E-state index in [9.17, 15) is 8.78 Å². The minimum absolute atomic E-state index is 0.142. The molecule has 1 aliphatic heterocycles. The van der Waals surface area contributed by atoms with Crippen LogP contribution in [-0.2, 0) is 12.0 Å². The Morgan fingerprint density at radius 3 is 2.62 bits per heavy atom. The fraction of sp³-hybridized carbons (Fsp3) is 0.526. The quantitative estimate of drug-likeness (QED) is 0.840. The van der Waals surface area contributed by atoms with E-state index in [2.05, 4.69) is 26.8 Å². The summed E-state index contributed by atoms with van der Waals surface area (Å²) >= 11 is 0. The summed E-state index contributed by atoms with van der Waals surface area (Å²) < 4.78 is 28.8. The van der Waals surface area contributed by atoms with Gasteiger partial charge < -0.3 is 4.90 Å². The molecule has 0 aliphatic carbocycles. The zero-order valence-corrected chi connectivity index (χ0v) is 15.7. The minimum atomic E-state index is -0.381. The molecule has 1 saturated heterocycles. The lowest BCUT2D eigenvalue weighted by molar-refractivity contribution is 0.178. The molecule has 26 heavy (non-hydrogen) atoms. The molecule has 7 heteroatoms. The Morgan fingerprint density at radius 2 is 1.96 bits per heavy atom. The van der Waals surface area contributed by atoms with Crippen molar-refractivity contribution in [2.45, 2.75) is 45.7 Å². The van der Waals surface area contributed by atoms with Gasteiger partial charge in [-0.05, 0) is 13.0 Å². The van der Waals surface area contributed by atoms with Gasteiger partial charge in [0.15, 0.2) is 11.6 Å². The Kier molecular flexibility index (Phi) is 5.18. The predicted molar refractivity (Wildman–Crippen MR) is 97.0 cm³/mol. The Hall–Kier alpha value is -2.15. The lowest BCUT2D eigenvalue weighted by Crippen LogP contribution is -2.52. The maximum Gasteiger partial charge on any atom is 0.187 e. The van der Waals surface area contributed by atoms with E-state index in [1.807, 2.05) is 25.7 Å². The van der Waals surface area contributed by atoms with E-state index in [0.717, 1.165) is 0 Å². The number of piperazine rings is 1. The fourth-order valence-corrected chi connectivity index (χ4v) is 3.28. The number of nitrogens with zero attached hydrogens (tertiary/aromatic N) is 5. The van der Waals surface area contributed by atoms with Crippen molar-refractivity contribution in [3.05, 3.63) is 47.7 Å². The van der Waals surface area contributed by atoms with Gasteiger partial charge in [0.25, 0.3) is 0 Å². The summed E-state index contributed by atoms with van der Waals surface area (Å²) in [6.45, 7) is 10.4. The van der Waals surface area contributed by atoms with E-state index in [-0.39, 0.29) is 23.1 Å². The van der Waals surface area contributed by atoms with Gasteiger partial charge in [0.05, 0.1) is 11.9 Å². The number of halogens is 2. The molecule has 0 bridgehead atoms. The zero-order chi connectivity index (χ0) is 18.9. The third-order valence-electron chi connectivity index (χ3n) is 4.78. The molecule has 5 nitrogen and oxygen atoms in total. The largest absolute Gasteiger partial charge is 0.351 e. The van der Waals surface area contributed by atoms with Gasteiger partial charge in [0.1, 0.15) is 12.1 Å². The summed E-state index contributed by atoms with van der Waals surface area (Å²) in [5.74, 6) is -0.286. The van der Waals surface area contributed by atoms with E-state index in [4.69, 9.17) is 0 Å². The molecule has 0 aromatic carbocycles. The van der Waals surface area contributed by atoms with Crippen LogP contribution < -0.4 is 4.90 Å². The van der Waals surface area contributed by atoms with Crippen LogP contribution in [0.5, 0.6) is 0 Å². The molecule has 1 fully saturated rings. The molecule has 0 N–H and O–H groups in total. The van der Waals surface area contributed by atoms with Gasteiger partial charge in [-0.1, -0.05) is 20.8 Å². The van der Waals surface area contributed by atoms with E-state index >= 15 is 0 Å². The van der Waals surface area contributed by atoms with Gasteiger partial charge in [-0.2, -0.15) is 0 Å². The van der Waals surface area contributed by atoms with Crippen LogP contribution >= 0.6 is 0 Å². The molecule has 0 amide bonds. The maximum atomic E-state index is 14.9. The summed E-state index contributed by atoms with van der Waals surface area (Å²) in [7, 11) is 0. The first-order chi connectivity index (χ1) is 12.3. The normalized spacial score (nSPS) is 19.0. The van der Waals surface area contributed by atoms with Gasteiger partial charge in [-0.25, -0.2) is 18.7 Å². The summed E-state index contributed by atoms with van der Waals surface area (Å²) in [5, 5.41) is 0. The first-order valence-electron chi connectivity index (χ1n) is 8.85. The van der Waals surface area contributed by atoms with Crippen molar-refractivity contribution in [1.29, 1.82) is 0 Å². The number of hydrogen-bond acceptors (Lipinski definition) is 5. The van der Waals surface area contributed by atoms with E-state index in [1.165, 1.54) is 12.5 Å². The number of anilines is 1. The standard InChI is InChI=1S/C19H25F2N5/c1-13-10-26(18-16(21)17(19(2,3)4)23-12-24-18)8-7-25(13)11-14-5-6-22-9-15(14)20/h5-6,9,12-13H,7-8,10-11H2,1-4H3. The number of rotatable bonds is 3. The molecule has 1 unspecified atom stereocenters. The molecule has 140 valence electrons. The van der Waals surface area contributed by atoms with E-state index in [0.29, 0.717) is 43.3 Å². The Morgan fingerprint density at radius 1 is 1.19 bits per heavy atom. The number of pyridine rings is 1. The predicted octanol–water partition coefficient (Wildman–Crippen LogP) is 3.16. The lowest BCUT2D eigenvalue weighted by atomic mass is 9.91. The Balaban J connectivity index is 1.74. The summed E-state index contributed by atoms with van der Waals surface area (Å²) in [6, 6.07) is 1.84. The van der Waals surface area contributed by atoms with Crippen LogP contribution in [0.4, 0.5) is 14.6 Å². The van der Waals surface area contributed by atoms with Crippen LogP contribution in [0.1, 0.15) is 39.0 Å². The first kappa shape index (κ1) is 18.6. The van der Waals surface area contributed by atoms with E-state index < -0.39 is 0 Å². The second-order valence-electron chi connectivity index (χ2n) is 7.84. The highest BCUT2D eigenvalue weighted by Gasteiger charge is 2.30. The maximum absolute atomic E-state index is 14.9. The van der Waals surface area contributed by atoms with Gasteiger partial charge in [0, 0.05) is 49.4 Å². The molecule has 0 spiro atoms. The van der Waals surface area contributed by atoms with Crippen LogP contribution in [0, 0.1) is 11.6 Å². The van der Waals surface area contributed by atoms with Gasteiger partial charge in [0.2, 0.25) is 0 Å². The molecule has 3 rings (SSSR count). The highest BCUT2D eigenvalue weighted by atomic mass is 19.1. The molecule has 3 heterocycles. The summed E-state index contributed by atoms with van der Waals surface area (Å²) in [6.07, 6.45) is 4.27. The van der Waals surface area contributed by atoms with Crippen LogP contribution in [0.25, 0.3) is 0 Å². The monoisotopic (exact) mass is 361 g/mol. The number of hydrogen-bond donors (Lipinski definition) is 0. The van der Waals surface area contributed by atoms with Crippen molar-refractivity contribution < 1.29 is 8.78 Å². The molecule has 0 saturated carbocycles. The topological polar surface area (TPSA) is 45.2 Å². The van der Waals surface area contributed by atoms with Crippen molar-refractivity contribution in [2.75, 3.05) is 24.5 Å². The van der Waals surface area contributed by atoms with Gasteiger partial charge >= 0.3 is 0 Å². The van der Waals surface area contributed by atoms with Crippen LogP contribution in [-0.4, -0.2) is 45.5 Å². The molecular weight excluding hydrogens is 336 g/mol. The van der Waals surface area contributed by atoms with Crippen molar-refractivity contribution in [1.82, 2.24) is 19.9 Å². The molecule has 2 aromatic rings. The average Bonchev–Trinajstić information content (AvgIpc) is 2.58. The number of aromatic nitrogens is 3. The van der Waals surface area contributed by atoms with Gasteiger partial charge in [-0.15, -0.1) is 0 Å². The van der Waals surface area contributed by atoms with Crippen LogP contribution in [0.15, 0.2) is 24.8 Å². The van der Waals surface area contributed by atoms with Crippen molar-refractivity contribution in [3.8, 4) is 0 Å². The SMILES string of the molecule is CC1CN(c2ncnc(C(C)(C)C)c2F)CCN1Cc1ccncc1F. The van der Waals surface area contributed by atoms with Crippen molar-refractivity contribution >= 4 is 5.82 Å².